The van der Waals surface area contributed by atoms with Gasteiger partial charge in [0.05, 0.1) is 11.2 Å². The van der Waals surface area contributed by atoms with Crippen molar-refractivity contribution in [2.24, 2.45) is 5.84 Å². The van der Waals surface area contributed by atoms with E-state index in [4.69, 9.17) is 22.2 Å². The van der Waals surface area contributed by atoms with Crippen LogP contribution in [0.2, 0.25) is 5.02 Å². The first-order chi connectivity index (χ1) is 8.60. The summed E-state index contributed by atoms with van der Waals surface area (Å²) < 4.78 is 31.3. The van der Waals surface area contributed by atoms with E-state index in [0.29, 0.717) is 0 Å². The first kappa shape index (κ1) is 12.5. The Bertz CT molecular complexity index is 582. The Morgan fingerprint density at radius 2 is 2.11 bits per heavy atom. The van der Waals surface area contributed by atoms with Crippen LogP contribution in [-0.2, 0) is 0 Å². The van der Waals surface area contributed by atoms with Crippen LogP contribution in [0.3, 0.4) is 0 Å². The quantitative estimate of drug-likeness (QED) is 0.663. The molecule has 0 unspecified atom stereocenters. The molecular weight excluding hydrogens is 266 g/mol. The summed E-state index contributed by atoms with van der Waals surface area (Å²) in [4.78, 5) is 7.19. The molecule has 1 aromatic heterocycles. The van der Waals surface area contributed by atoms with Gasteiger partial charge in [0, 0.05) is 0 Å². The molecule has 3 N–H and O–H groups in total. The van der Waals surface area contributed by atoms with Crippen molar-refractivity contribution in [2.75, 3.05) is 5.43 Å². The zero-order valence-electron chi connectivity index (χ0n) is 8.82. The van der Waals surface area contributed by atoms with Crippen molar-refractivity contribution in [3.05, 3.63) is 41.1 Å². The largest absolute Gasteiger partial charge is 0.435 e. The van der Waals surface area contributed by atoms with Crippen LogP contribution in [0.4, 0.5) is 14.7 Å². The van der Waals surface area contributed by atoms with Crippen LogP contribution in [-0.4, -0.2) is 9.97 Å². The van der Waals surface area contributed by atoms with Crippen LogP contribution in [0.25, 0.3) is 0 Å². The maximum Gasteiger partial charge on any atom is 0.260 e. The van der Waals surface area contributed by atoms with E-state index in [0.717, 1.165) is 18.3 Å². The molecule has 0 aliphatic carbocycles. The average Bonchev–Trinajstić information content (AvgIpc) is 2.35. The molecule has 0 bridgehead atoms. The van der Waals surface area contributed by atoms with E-state index in [1.54, 1.807) is 0 Å². The molecule has 0 atom stereocenters. The summed E-state index contributed by atoms with van der Waals surface area (Å²) >= 11 is 5.73. The molecule has 8 heteroatoms. The fourth-order valence-corrected chi connectivity index (χ4v) is 1.36. The third kappa shape index (κ3) is 2.63. The van der Waals surface area contributed by atoms with Gasteiger partial charge in [-0.05, 0) is 18.2 Å². The van der Waals surface area contributed by atoms with Gasteiger partial charge in [-0.25, -0.2) is 15.2 Å². The summed E-state index contributed by atoms with van der Waals surface area (Å²) in [5, 5.41) is -0.00438. The van der Waals surface area contributed by atoms with Crippen molar-refractivity contribution in [3.8, 4) is 11.6 Å². The molecule has 1 aromatic carbocycles. The molecule has 2 rings (SSSR count). The van der Waals surface area contributed by atoms with Crippen molar-refractivity contribution >= 4 is 17.5 Å². The molecule has 1 heterocycles. The van der Waals surface area contributed by atoms with Gasteiger partial charge >= 0.3 is 0 Å². The topological polar surface area (TPSA) is 73.1 Å². The normalized spacial score (nSPS) is 10.2. The third-order valence-electron chi connectivity index (χ3n) is 1.94. The molecule has 0 radical (unpaired) electrons. The highest BCUT2D eigenvalue weighted by molar-refractivity contribution is 6.32. The van der Waals surface area contributed by atoms with Crippen molar-refractivity contribution in [3.63, 3.8) is 0 Å². The van der Waals surface area contributed by atoms with Crippen LogP contribution < -0.4 is 16.0 Å². The number of aromatic nitrogens is 2. The predicted molar refractivity (Wildman–Crippen MR) is 61.3 cm³/mol. The molecule has 18 heavy (non-hydrogen) atoms. The Morgan fingerprint density at radius 3 is 2.78 bits per heavy atom. The summed E-state index contributed by atoms with van der Waals surface area (Å²) in [5.74, 6) is 3.43. The minimum absolute atomic E-state index is 0.00438. The highest BCUT2D eigenvalue weighted by atomic mass is 35.5. The zero-order valence-corrected chi connectivity index (χ0v) is 9.58. The highest BCUT2D eigenvalue weighted by Gasteiger charge is 2.11. The molecule has 0 saturated heterocycles. The number of nitrogens with two attached hydrogens (primary N) is 1. The van der Waals surface area contributed by atoms with Crippen molar-refractivity contribution in [2.45, 2.75) is 0 Å². The van der Waals surface area contributed by atoms with Crippen molar-refractivity contribution in [1.82, 2.24) is 9.97 Å². The monoisotopic (exact) mass is 272 g/mol. The first-order valence-corrected chi connectivity index (χ1v) is 5.10. The Balaban J connectivity index is 2.33. The van der Waals surface area contributed by atoms with E-state index < -0.39 is 11.6 Å². The van der Waals surface area contributed by atoms with Gasteiger partial charge in [-0.15, -0.1) is 0 Å². The van der Waals surface area contributed by atoms with Crippen LogP contribution in [0.15, 0.2) is 24.4 Å². The number of benzene rings is 1. The van der Waals surface area contributed by atoms with Gasteiger partial charge in [0.2, 0.25) is 11.8 Å². The maximum absolute atomic E-state index is 13.4. The van der Waals surface area contributed by atoms with E-state index in [-0.39, 0.29) is 22.6 Å². The lowest BCUT2D eigenvalue weighted by Crippen LogP contribution is -2.11. The lowest BCUT2D eigenvalue weighted by atomic mass is 10.3. The lowest BCUT2D eigenvalue weighted by molar-refractivity contribution is 0.420. The van der Waals surface area contributed by atoms with Gasteiger partial charge in [-0.3, -0.25) is 5.43 Å². The average molecular weight is 273 g/mol. The number of hydrogen-bond acceptors (Lipinski definition) is 5. The minimum Gasteiger partial charge on any atom is -0.435 e. The number of nitrogen functional groups attached to an aromatic ring is 1. The van der Waals surface area contributed by atoms with Crippen LogP contribution in [0.1, 0.15) is 0 Å². The number of nitrogens with zero attached hydrogens (tertiary/aromatic N) is 2. The summed E-state index contributed by atoms with van der Waals surface area (Å²) in [5.41, 5.74) is 2.14. The second kappa shape index (κ2) is 5.11. The molecule has 0 fully saturated rings. The first-order valence-electron chi connectivity index (χ1n) is 4.72. The molecular formula is C10H7ClF2N4O. The Hall–Kier alpha value is -1.99. The van der Waals surface area contributed by atoms with Crippen LogP contribution >= 0.6 is 11.6 Å². The predicted octanol–water partition coefficient (Wildman–Crippen LogP) is 2.49. The summed E-state index contributed by atoms with van der Waals surface area (Å²) in [6.45, 7) is 0. The molecule has 94 valence electrons. The highest BCUT2D eigenvalue weighted by Crippen LogP contribution is 2.30. The fourth-order valence-electron chi connectivity index (χ4n) is 1.15. The maximum atomic E-state index is 13.4. The van der Waals surface area contributed by atoms with Gasteiger partial charge < -0.3 is 4.74 Å². The fraction of sp³-hybridized carbons (Fsp3) is 0. The number of ether oxygens (including phenoxy) is 1. The molecule has 0 amide bonds. The second-order valence-corrected chi connectivity index (χ2v) is 3.58. The third-order valence-corrected chi connectivity index (χ3v) is 2.24. The van der Waals surface area contributed by atoms with Gasteiger partial charge in [-0.1, -0.05) is 11.6 Å². The van der Waals surface area contributed by atoms with Crippen LogP contribution in [0, 0.1) is 11.6 Å². The minimum atomic E-state index is -0.797. The lowest BCUT2D eigenvalue weighted by Gasteiger charge is -2.08. The van der Waals surface area contributed by atoms with Gasteiger partial charge in [0.1, 0.15) is 11.6 Å². The van der Waals surface area contributed by atoms with E-state index in [9.17, 15) is 8.78 Å². The SMILES string of the molecule is NNc1ncc(F)c(Oc2ccc(F)cc2Cl)n1. The number of nitrogens with one attached hydrogen (secondary N) is 1. The van der Waals surface area contributed by atoms with Crippen molar-refractivity contribution in [1.29, 1.82) is 0 Å². The Kier molecular flexibility index (Phi) is 3.54. The standard InChI is InChI=1S/C10H7ClF2N4O/c11-6-3-5(12)1-2-8(6)18-9-7(13)4-15-10(16-9)17-14/h1-4H,14H2,(H,15,16,17). The van der Waals surface area contributed by atoms with Gasteiger partial charge in [0.25, 0.3) is 5.88 Å². The zero-order chi connectivity index (χ0) is 13.1. The molecule has 5 nitrogen and oxygen atoms in total. The molecule has 0 saturated carbocycles. The number of rotatable bonds is 3. The molecule has 0 aliphatic heterocycles. The van der Waals surface area contributed by atoms with Gasteiger partial charge in [-0.2, -0.15) is 9.37 Å². The summed E-state index contributed by atoms with van der Waals surface area (Å²) in [6.07, 6.45) is 0.884. The van der Waals surface area contributed by atoms with Crippen LogP contribution in [0.5, 0.6) is 11.6 Å². The second-order valence-electron chi connectivity index (χ2n) is 3.17. The summed E-state index contributed by atoms with van der Waals surface area (Å²) in [6, 6.07) is 3.43. The van der Waals surface area contributed by atoms with Gasteiger partial charge in [0.15, 0.2) is 0 Å². The Morgan fingerprint density at radius 1 is 1.33 bits per heavy atom. The number of halogens is 3. The van der Waals surface area contributed by atoms with E-state index in [2.05, 4.69) is 15.4 Å². The molecule has 0 spiro atoms. The van der Waals surface area contributed by atoms with E-state index in [1.165, 1.54) is 6.07 Å². The summed E-state index contributed by atoms with van der Waals surface area (Å²) in [7, 11) is 0. The van der Waals surface area contributed by atoms with E-state index in [1.807, 2.05) is 0 Å². The smallest absolute Gasteiger partial charge is 0.260 e. The van der Waals surface area contributed by atoms with E-state index >= 15 is 0 Å². The molecule has 0 aliphatic rings. The Labute approximate surface area is 106 Å². The molecule has 2 aromatic rings. The number of hydrogen-bond donors (Lipinski definition) is 2. The number of hydrazine groups is 1. The van der Waals surface area contributed by atoms with Crippen molar-refractivity contribution < 1.29 is 13.5 Å². The number of anilines is 1.